The van der Waals surface area contributed by atoms with E-state index in [2.05, 4.69) is 9.44 Å². The number of carbonyl (C=O) groups excluding carboxylic acids is 1. The lowest BCUT2D eigenvalue weighted by molar-refractivity contribution is 0.0828. The Morgan fingerprint density at radius 3 is 2.45 bits per heavy atom. The Morgan fingerprint density at radius 1 is 1.27 bits per heavy atom. The van der Waals surface area contributed by atoms with Crippen LogP contribution in [0.5, 0.6) is 0 Å². The first-order chi connectivity index (χ1) is 10.3. The summed E-state index contributed by atoms with van der Waals surface area (Å²) in [6.07, 6.45) is 3.80. The number of carbonyl (C=O) groups is 1. The number of hydrogen-bond donors (Lipinski definition) is 2. The maximum absolute atomic E-state index is 12.1. The van der Waals surface area contributed by atoms with Crippen LogP contribution in [0.1, 0.15) is 36.0 Å². The highest BCUT2D eigenvalue weighted by atomic mass is 35.5. The van der Waals surface area contributed by atoms with Gasteiger partial charge in [0.05, 0.1) is 16.3 Å². The molecule has 1 amide bonds. The maximum Gasteiger partial charge on any atom is 0.299 e. The van der Waals surface area contributed by atoms with Crippen molar-refractivity contribution in [2.75, 3.05) is 18.8 Å². The second-order valence-corrected chi connectivity index (χ2v) is 7.45. The van der Waals surface area contributed by atoms with Crippen molar-refractivity contribution in [2.24, 2.45) is 0 Å². The minimum atomic E-state index is -3.64. The summed E-state index contributed by atoms with van der Waals surface area (Å²) < 4.78 is 29.2. The molecule has 1 aliphatic rings. The van der Waals surface area contributed by atoms with Crippen molar-refractivity contribution >= 4 is 33.4 Å². The number of benzene rings is 1. The molecule has 1 aliphatic carbocycles. The third kappa shape index (κ3) is 4.34. The van der Waals surface area contributed by atoms with E-state index in [0.717, 1.165) is 25.7 Å². The fourth-order valence-electron chi connectivity index (χ4n) is 2.44. The van der Waals surface area contributed by atoms with E-state index in [-0.39, 0.29) is 17.0 Å². The number of halogens is 1. The van der Waals surface area contributed by atoms with Crippen molar-refractivity contribution in [2.45, 2.75) is 31.7 Å². The normalized spacial score (nSPS) is 15.8. The fourth-order valence-corrected chi connectivity index (χ4v) is 3.87. The quantitative estimate of drug-likeness (QED) is 0.859. The zero-order chi connectivity index (χ0) is 16.3. The summed E-state index contributed by atoms with van der Waals surface area (Å²) in [5.41, 5.74) is 0.657. The minimum absolute atomic E-state index is 0.0115. The highest BCUT2D eigenvalue weighted by Gasteiger charge is 2.21. The average Bonchev–Trinajstić information content (AvgIpc) is 2.89. The molecule has 0 aromatic heterocycles. The van der Waals surface area contributed by atoms with Crippen molar-refractivity contribution in [3.05, 3.63) is 28.8 Å². The van der Waals surface area contributed by atoms with Gasteiger partial charge >= 0.3 is 0 Å². The second kappa shape index (κ2) is 6.85. The van der Waals surface area contributed by atoms with Crippen molar-refractivity contribution in [3.8, 4) is 0 Å². The molecule has 22 heavy (non-hydrogen) atoms. The molecule has 1 saturated carbocycles. The van der Waals surface area contributed by atoms with Gasteiger partial charge in [-0.05, 0) is 31.0 Å². The lowest BCUT2D eigenvalue weighted by atomic mass is 10.2. The van der Waals surface area contributed by atoms with Crippen LogP contribution < -0.4 is 9.44 Å². The van der Waals surface area contributed by atoms with E-state index in [4.69, 9.17) is 11.6 Å². The maximum atomic E-state index is 12.1. The van der Waals surface area contributed by atoms with Crippen LogP contribution in [0.3, 0.4) is 0 Å². The molecule has 0 radical (unpaired) electrons. The Morgan fingerprint density at radius 2 is 1.91 bits per heavy atom. The van der Waals surface area contributed by atoms with Gasteiger partial charge < -0.3 is 4.90 Å². The zero-order valence-electron chi connectivity index (χ0n) is 12.6. The molecule has 0 spiro atoms. The SMILES string of the molecule is CN(C)C(=O)c1ccc(NS(=O)(=O)NC2CCCC2)cc1Cl. The molecule has 0 aliphatic heterocycles. The van der Waals surface area contributed by atoms with Crippen LogP contribution >= 0.6 is 11.6 Å². The van der Waals surface area contributed by atoms with Crippen LogP contribution in [-0.2, 0) is 10.2 Å². The highest BCUT2D eigenvalue weighted by Crippen LogP contribution is 2.23. The number of anilines is 1. The molecule has 2 rings (SSSR count). The van der Waals surface area contributed by atoms with Crippen LogP contribution in [0.4, 0.5) is 5.69 Å². The van der Waals surface area contributed by atoms with E-state index >= 15 is 0 Å². The third-order valence-corrected chi connectivity index (χ3v) is 5.00. The third-order valence-electron chi connectivity index (χ3n) is 3.53. The summed E-state index contributed by atoms with van der Waals surface area (Å²) in [5, 5.41) is 0.208. The Balaban J connectivity index is 2.09. The van der Waals surface area contributed by atoms with Crippen molar-refractivity contribution in [1.82, 2.24) is 9.62 Å². The predicted molar refractivity (Wildman–Crippen MR) is 87.4 cm³/mol. The molecular formula is C14H20ClN3O3S. The molecular weight excluding hydrogens is 326 g/mol. The van der Waals surface area contributed by atoms with Gasteiger partial charge in [0, 0.05) is 20.1 Å². The molecule has 1 aromatic carbocycles. The second-order valence-electron chi connectivity index (χ2n) is 5.60. The Hall–Kier alpha value is -1.31. The predicted octanol–water partition coefficient (Wildman–Crippen LogP) is 2.23. The lowest BCUT2D eigenvalue weighted by Crippen LogP contribution is -2.37. The Bertz CT molecular complexity index is 655. The van der Waals surface area contributed by atoms with Gasteiger partial charge in [0.15, 0.2) is 0 Å². The molecule has 1 fully saturated rings. The van der Waals surface area contributed by atoms with Gasteiger partial charge in [0.2, 0.25) is 0 Å². The molecule has 6 nitrogen and oxygen atoms in total. The van der Waals surface area contributed by atoms with Gasteiger partial charge in [-0.15, -0.1) is 0 Å². The first-order valence-corrected chi connectivity index (χ1v) is 8.96. The number of hydrogen-bond acceptors (Lipinski definition) is 3. The van der Waals surface area contributed by atoms with Crippen LogP contribution in [0.2, 0.25) is 5.02 Å². The molecule has 0 heterocycles. The number of nitrogens with one attached hydrogen (secondary N) is 2. The van der Waals surface area contributed by atoms with Crippen molar-refractivity contribution < 1.29 is 13.2 Å². The zero-order valence-corrected chi connectivity index (χ0v) is 14.2. The van der Waals surface area contributed by atoms with E-state index in [1.165, 1.54) is 23.1 Å². The van der Waals surface area contributed by atoms with Gasteiger partial charge in [0.1, 0.15) is 0 Å². The minimum Gasteiger partial charge on any atom is -0.345 e. The molecule has 1 aromatic rings. The van der Waals surface area contributed by atoms with Crippen molar-refractivity contribution in [3.63, 3.8) is 0 Å². The summed E-state index contributed by atoms with van der Waals surface area (Å²) in [5.74, 6) is -0.233. The molecule has 0 atom stereocenters. The van der Waals surface area contributed by atoms with Crippen LogP contribution in [0.25, 0.3) is 0 Å². The van der Waals surface area contributed by atoms with E-state index in [0.29, 0.717) is 11.3 Å². The molecule has 122 valence electrons. The molecule has 0 bridgehead atoms. The molecule has 8 heteroatoms. The van der Waals surface area contributed by atoms with Gasteiger partial charge in [-0.1, -0.05) is 24.4 Å². The summed E-state index contributed by atoms with van der Waals surface area (Å²) >= 11 is 6.06. The first-order valence-electron chi connectivity index (χ1n) is 7.10. The van der Waals surface area contributed by atoms with Gasteiger partial charge in [-0.25, -0.2) is 0 Å². The summed E-state index contributed by atoms with van der Waals surface area (Å²) in [6, 6.07) is 4.46. The number of nitrogens with zero attached hydrogens (tertiary/aromatic N) is 1. The summed E-state index contributed by atoms with van der Waals surface area (Å²) in [7, 11) is -0.387. The van der Waals surface area contributed by atoms with Gasteiger partial charge in [-0.2, -0.15) is 13.1 Å². The monoisotopic (exact) mass is 345 g/mol. The number of rotatable bonds is 5. The Labute approximate surface area is 136 Å². The smallest absolute Gasteiger partial charge is 0.299 e. The van der Waals surface area contributed by atoms with E-state index in [1.807, 2.05) is 0 Å². The summed E-state index contributed by atoms with van der Waals surface area (Å²) in [4.78, 5) is 13.3. The molecule has 2 N–H and O–H groups in total. The topological polar surface area (TPSA) is 78.5 Å². The van der Waals surface area contributed by atoms with Gasteiger partial charge in [0.25, 0.3) is 16.1 Å². The number of amides is 1. The molecule has 0 unspecified atom stereocenters. The van der Waals surface area contributed by atoms with Crippen molar-refractivity contribution in [1.29, 1.82) is 0 Å². The van der Waals surface area contributed by atoms with Gasteiger partial charge in [-0.3, -0.25) is 9.52 Å². The Kier molecular flexibility index (Phi) is 5.31. The van der Waals surface area contributed by atoms with Crippen LogP contribution in [0.15, 0.2) is 18.2 Å². The molecule has 0 saturated heterocycles. The van der Waals surface area contributed by atoms with E-state index < -0.39 is 10.2 Å². The van der Waals surface area contributed by atoms with E-state index in [1.54, 1.807) is 14.1 Å². The van der Waals surface area contributed by atoms with E-state index in [9.17, 15) is 13.2 Å². The van der Waals surface area contributed by atoms with Crippen LogP contribution in [0, 0.1) is 0 Å². The standard InChI is InChI=1S/C14H20ClN3O3S/c1-18(2)14(19)12-8-7-11(9-13(12)15)17-22(20,21)16-10-5-3-4-6-10/h7-10,16-17H,3-6H2,1-2H3. The highest BCUT2D eigenvalue weighted by molar-refractivity contribution is 7.90. The average molecular weight is 346 g/mol. The first kappa shape index (κ1) is 17.1. The summed E-state index contributed by atoms with van der Waals surface area (Å²) in [6.45, 7) is 0. The lowest BCUT2D eigenvalue weighted by Gasteiger charge is -2.15. The largest absolute Gasteiger partial charge is 0.345 e. The van der Waals surface area contributed by atoms with Crippen LogP contribution in [-0.4, -0.2) is 39.4 Å². The fraction of sp³-hybridized carbons (Fsp3) is 0.500.